The number of carbonyl (C=O) groups excluding carboxylic acids is 4. The molecule has 0 saturated carbocycles. The van der Waals surface area contributed by atoms with Gasteiger partial charge in [0, 0.05) is 114 Å². The van der Waals surface area contributed by atoms with E-state index < -0.39 is 61.2 Å². The van der Waals surface area contributed by atoms with Gasteiger partial charge in [0.15, 0.2) is 67.5 Å². The van der Waals surface area contributed by atoms with Crippen molar-refractivity contribution in [1.82, 2.24) is 19.9 Å². The fourth-order valence-electron chi connectivity index (χ4n) is 10.4. The summed E-state index contributed by atoms with van der Waals surface area (Å²) in [4.78, 5) is 69.2. The molecule has 414 valence electrons. The van der Waals surface area contributed by atoms with Crippen molar-refractivity contribution in [2.24, 2.45) is 0 Å². The molecule has 10 rings (SSSR count). The summed E-state index contributed by atoms with van der Waals surface area (Å²) >= 11 is 0. The van der Waals surface area contributed by atoms with Crippen molar-refractivity contribution in [1.29, 1.82) is 0 Å². The van der Waals surface area contributed by atoms with Gasteiger partial charge < -0.3 is 38.4 Å². The van der Waals surface area contributed by atoms with Gasteiger partial charge in [-0.15, -0.1) is 0 Å². The van der Waals surface area contributed by atoms with Crippen LogP contribution < -0.4 is 18.4 Å². The second-order valence-electron chi connectivity index (χ2n) is 21.1. The number of rotatable bonds is 14. The van der Waals surface area contributed by atoms with Crippen LogP contribution >= 0.6 is 0 Å². The normalized spacial score (nSPS) is 17.6. The van der Waals surface area contributed by atoms with Crippen LogP contribution in [0.5, 0.6) is 5.75 Å². The maximum atomic E-state index is 12.9. The van der Waals surface area contributed by atoms with Gasteiger partial charge in [-0.25, -0.2) is 23.7 Å². The van der Waals surface area contributed by atoms with Gasteiger partial charge >= 0.3 is 23.9 Å². The molecule has 0 spiro atoms. The molecule has 1 aromatic carbocycles. The molecule has 1 fully saturated rings. The summed E-state index contributed by atoms with van der Waals surface area (Å²) in [6, 6.07) is 28.9. The number of H-pyrrole nitrogens is 2. The van der Waals surface area contributed by atoms with E-state index in [0.29, 0.717) is 28.0 Å². The lowest BCUT2D eigenvalue weighted by Crippen LogP contribution is -2.63. The Morgan fingerprint density at radius 1 is 0.481 bits per heavy atom. The Hall–Kier alpha value is -9.09. The van der Waals surface area contributed by atoms with E-state index in [1.54, 1.807) is 12.1 Å². The molecule has 1 saturated heterocycles. The van der Waals surface area contributed by atoms with Crippen LogP contribution in [-0.4, -0.2) is 81.1 Å². The molecule has 9 heterocycles. The molecule has 0 amide bonds. The third kappa shape index (κ3) is 11.8. The molecule has 17 nitrogen and oxygen atoms in total. The van der Waals surface area contributed by atoms with Crippen molar-refractivity contribution in [3.63, 3.8) is 0 Å². The van der Waals surface area contributed by atoms with Gasteiger partial charge in [0.25, 0.3) is 0 Å². The van der Waals surface area contributed by atoms with E-state index >= 15 is 0 Å². The standard InChI is InChI=1S/C64H65N7O10/c1-36(2)69-29-23-43(24-30-69)57-47-15-17-49(65-47)58(44-25-31-70(32-26-44)37(3)4)51-19-21-53(67-51)60(54-22-20-52(68-54)59(50-18-16-48(57)66-50)45-27-33-71(34-28-45)38(5)6)46-13-11-12-14-55(46)80-64-63(79-42(10)75)62(78-41(9)74)61(77-40(8)73)56(81-64)35-76-39(7)72/h11-34,36-38,56,61-64H,35H2,1-10H3,(H,65,66,67,68)/q+2/p+1/t56-,61-,62+,63-,64-/m1/s1. The number of hydrogen-bond acceptors (Lipinski definition) is 12. The zero-order valence-electron chi connectivity index (χ0n) is 47.0. The third-order valence-corrected chi connectivity index (χ3v) is 14.3. The first-order valence-electron chi connectivity index (χ1n) is 27.2. The SMILES string of the molecule is CC(=O)OC[C@H]1O[C@@H](Oc2ccccc2-c2c3nc(c(-c4cc[n+](C(C)C)cc4)c4ccc([nH]4)c(-c4cc[n+](C(C)C)cc4)c4nc(c(-c5cc[n+](C(C)C)cc5)c5ccc2[nH]5)C=C4)C=C3)[C@H](OC(C)=O)[C@@H](OC(C)=O)[C@@H]1OC(C)=O. The topological polar surface area (TPSA) is 193 Å². The van der Waals surface area contributed by atoms with Crippen molar-refractivity contribution < 1.29 is 61.3 Å². The highest BCUT2D eigenvalue weighted by Gasteiger charge is 2.53. The summed E-state index contributed by atoms with van der Waals surface area (Å²) in [5, 5.41) is 0. The van der Waals surface area contributed by atoms with Crippen molar-refractivity contribution in [3.8, 4) is 50.3 Å². The number of pyridine rings is 3. The largest absolute Gasteiger partial charge is 0.463 e. The fourth-order valence-corrected chi connectivity index (χ4v) is 10.4. The number of para-hydroxylation sites is 1. The monoisotopic (exact) mass is 1090 g/mol. The molecule has 0 unspecified atom stereocenters. The predicted molar refractivity (Wildman–Crippen MR) is 305 cm³/mol. The molecule has 5 atom stereocenters. The minimum Gasteiger partial charge on any atom is -0.463 e. The minimum atomic E-state index is -1.52. The van der Waals surface area contributed by atoms with Crippen LogP contribution in [0.15, 0.2) is 122 Å². The fraction of sp³-hybridized carbons (Fsp3) is 0.297. The third-order valence-electron chi connectivity index (χ3n) is 14.3. The Balaban J connectivity index is 1.26. The number of hydrogen-bond donors (Lipinski definition) is 2. The van der Waals surface area contributed by atoms with Gasteiger partial charge in [0.1, 0.15) is 18.5 Å². The second-order valence-corrected chi connectivity index (χ2v) is 21.1. The summed E-state index contributed by atoms with van der Waals surface area (Å²) < 4.78 is 42.5. The van der Waals surface area contributed by atoms with Crippen LogP contribution in [0, 0.1) is 0 Å². The Kier molecular flexibility index (Phi) is 15.9. The van der Waals surface area contributed by atoms with Crippen molar-refractivity contribution >= 4 is 70.2 Å². The molecule has 3 aliphatic heterocycles. The van der Waals surface area contributed by atoms with Crippen molar-refractivity contribution in [3.05, 3.63) is 145 Å². The minimum absolute atomic E-state index is 0.230. The van der Waals surface area contributed by atoms with Crippen LogP contribution in [-0.2, 0) is 42.9 Å². The number of carbonyl (C=O) groups is 4. The Bertz CT molecular complexity index is 3740. The van der Waals surface area contributed by atoms with Gasteiger partial charge in [-0.2, -0.15) is 0 Å². The molecule has 8 bridgehead atoms. The summed E-state index contributed by atoms with van der Waals surface area (Å²) in [5.74, 6) is -2.66. The lowest BCUT2D eigenvalue weighted by Gasteiger charge is -2.44. The number of nitrogens with one attached hydrogen (secondary N) is 2. The quantitative estimate of drug-likeness (QED) is 0.0596. The van der Waals surface area contributed by atoms with Crippen LogP contribution in [0.2, 0.25) is 0 Å². The van der Waals surface area contributed by atoms with E-state index in [1.165, 1.54) is 27.7 Å². The van der Waals surface area contributed by atoms with Gasteiger partial charge in [0.05, 0.1) is 22.8 Å². The molecule has 81 heavy (non-hydrogen) atoms. The number of nitrogens with zero attached hydrogens (tertiary/aromatic N) is 5. The molecular formula is C64H66N7O10+3. The van der Waals surface area contributed by atoms with Crippen LogP contribution in [0.1, 0.15) is 110 Å². The number of ether oxygens (including phenoxy) is 6. The Morgan fingerprint density at radius 2 is 0.852 bits per heavy atom. The smallest absolute Gasteiger partial charge is 0.303 e. The summed E-state index contributed by atoms with van der Waals surface area (Å²) in [7, 11) is 0. The average molecular weight is 1090 g/mol. The highest BCUT2D eigenvalue weighted by molar-refractivity contribution is 6.00. The van der Waals surface area contributed by atoms with Crippen LogP contribution in [0.3, 0.4) is 0 Å². The molecular weight excluding hydrogens is 1030 g/mol. The van der Waals surface area contributed by atoms with E-state index in [-0.39, 0.29) is 23.9 Å². The highest BCUT2D eigenvalue weighted by atomic mass is 16.7. The molecule has 7 aromatic rings. The van der Waals surface area contributed by atoms with E-state index in [0.717, 1.165) is 61.3 Å². The van der Waals surface area contributed by atoms with Gasteiger partial charge in [-0.05, 0) is 113 Å². The Morgan fingerprint density at radius 3 is 1.25 bits per heavy atom. The lowest BCUT2D eigenvalue weighted by molar-refractivity contribution is -0.716. The van der Waals surface area contributed by atoms with Gasteiger partial charge in [-0.1, -0.05) is 18.2 Å². The Labute approximate surface area is 469 Å². The molecule has 0 aliphatic carbocycles. The van der Waals surface area contributed by atoms with Gasteiger partial charge in [-0.3, -0.25) is 19.2 Å². The van der Waals surface area contributed by atoms with E-state index in [1.807, 2.05) is 36.4 Å². The molecule has 3 aliphatic rings. The molecule has 17 heteroatoms. The van der Waals surface area contributed by atoms with Gasteiger partial charge in [0.2, 0.25) is 12.4 Å². The number of aromatic amines is 2. The summed E-state index contributed by atoms with van der Waals surface area (Å²) in [5.41, 5.74) is 12.5. The molecule has 2 N–H and O–H groups in total. The number of aromatic nitrogens is 7. The van der Waals surface area contributed by atoms with E-state index in [2.05, 4.69) is 163 Å². The molecule has 0 radical (unpaired) electrons. The highest BCUT2D eigenvalue weighted by Crippen LogP contribution is 2.42. The summed E-state index contributed by atoms with van der Waals surface area (Å²) in [6.07, 6.45) is 13.5. The predicted octanol–water partition coefficient (Wildman–Crippen LogP) is 10.4. The first-order valence-corrected chi connectivity index (χ1v) is 27.2. The number of esters is 4. The second kappa shape index (κ2) is 23.3. The van der Waals surface area contributed by atoms with Crippen LogP contribution in [0.25, 0.3) is 90.9 Å². The molecule has 6 aromatic heterocycles. The average Bonchev–Trinajstić information content (AvgIpc) is 4.45. The van der Waals surface area contributed by atoms with E-state index in [9.17, 15) is 19.2 Å². The maximum Gasteiger partial charge on any atom is 0.303 e. The van der Waals surface area contributed by atoms with Crippen LogP contribution in [0.4, 0.5) is 0 Å². The van der Waals surface area contributed by atoms with E-state index in [4.69, 9.17) is 38.4 Å². The van der Waals surface area contributed by atoms with Crippen molar-refractivity contribution in [2.45, 2.75) is 118 Å². The number of benzene rings is 1. The zero-order chi connectivity index (χ0) is 57.2. The lowest BCUT2D eigenvalue weighted by atomic mass is 9.97. The number of fused-ring (bicyclic) bond motifs is 8. The van der Waals surface area contributed by atoms with Crippen molar-refractivity contribution in [2.75, 3.05) is 6.61 Å². The zero-order valence-corrected chi connectivity index (χ0v) is 47.0. The summed E-state index contributed by atoms with van der Waals surface area (Å²) in [6.45, 7) is 17.2. The first kappa shape index (κ1) is 55.2. The first-order chi connectivity index (χ1) is 38.9. The maximum absolute atomic E-state index is 12.9.